The summed E-state index contributed by atoms with van der Waals surface area (Å²) >= 11 is 5.82. The molecule has 0 amide bonds. The van der Waals surface area contributed by atoms with Crippen molar-refractivity contribution in [2.75, 3.05) is 17.7 Å². The minimum absolute atomic E-state index is 0.127. The Morgan fingerprint density at radius 3 is 2.94 bits per heavy atom. The summed E-state index contributed by atoms with van der Waals surface area (Å²) in [6, 6.07) is 1.66. The third-order valence-electron chi connectivity index (χ3n) is 3.01. The average molecular weight is 243 g/mol. The number of hydrogen-bond acceptors (Lipinski definition) is 5. The summed E-state index contributed by atoms with van der Waals surface area (Å²) in [6.45, 7) is 4.88. The van der Waals surface area contributed by atoms with Crippen LogP contribution in [0.1, 0.15) is 20.3 Å². The maximum absolute atomic E-state index is 5.82. The van der Waals surface area contributed by atoms with Crippen LogP contribution < -0.4 is 11.1 Å². The summed E-state index contributed by atoms with van der Waals surface area (Å²) in [4.78, 5) is 7.90. The highest BCUT2D eigenvalue weighted by atomic mass is 35.5. The van der Waals surface area contributed by atoms with Gasteiger partial charge in [0.25, 0.3) is 0 Å². The van der Waals surface area contributed by atoms with Crippen LogP contribution in [0.25, 0.3) is 0 Å². The van der Waals surface area contributed by atoms with Crippen LogP contribution in [0.2, 0.25) is 5.15 Å². The van der Waals surface area contributed by atoms with Crippen LogP contribution in [-0.4, -0.2) is 28.2 Å². The maximum atomic E-state index is 5.82. The topological polar surface area (TPSA) is 73.1 Å². The van der Waals surface area contributed by atoms with Crippen LogP contribution in [0, 0.1) is 0 Å². The number of anilines is 2. The van der Waals surface area contributed by atoms with E-state index in [2.05, 4.69) is 22.2 Å². The molecule has 0 spiro atoms. The van der Waals surface area contributed by atoms with Gasteiger partial charge in [-0.05, 0) is 20.3 Å². The molecule has 5 nitrogen and oxygen atoms in total. The van der Waals surface area contributed by atoms with Crippen molar-refractivity contribution >= 4 is 23.4 Å². The number of nitrogens with zero attached hydrogens (tertiary/aromatic N) is 2. The van der Waals surface area contributed by atoms with Crippen molar-refractivity contribution in [2.45, 2.75) is 31.9 Å². The molecule has 2 heterocycles. The van der Waals surface area contributed by atoms with E-state index in [0.29, 0.717) is 11.0 Å². The van der Waals surface area contributed by atoms with Crippen LogP contribution in [0.3, 0.4) is 0 Å². The standard InChI is InChI=1S/C10H15ClN4O/c1-6-10(2,3-4-16-6)15-8-5-7(11)13-9(12)14-8/h5-6H,3-4H2,1-2H3,(H3,12,13,14,15). The molecule has 0 aromatic carbocycles. The van der Waals surface area contributed by atoms with Crippen LogP contribution in [0.5, 0.6) is 0 Å². The molecule has 0 radical (unpaired) electrons. The molecule has 2 atom stereocenters. The summed E-state index contributed by atoms with van der Waals surface area (Å²) in [5.41, 5.74) is 5.40. The molecule has 1 aliphatic rings. The van der Waals surface area contributed by atoms with Gasteiger partial charge in [-0.1, -0.05) is 11.6 Å². The molecular formula is C10H15ClN4O. The first-order valence-electron chi connectivity index (χ1n) is 5.19. The molecule has 1 aromatic heterocycles. The number of halogens is 1. The van der Waals surface area contributed by atoms with E-state index in [1.807, 2.05) is 6.92 Å². The van der Waals surface area contributed by atoms with E-state index in [4.69, 9.17) is 22.1 Å². The molecule has 3 N–H and O–H groups in total. The van der Waals surface area contributed by atoms with Crippen molar-refractivity contribution in [2.24, 2.45) is 0 Å². The first kappa shape index (κ1) is 11.4. The van der Waals surface area contributed by atoms with Gasteiger partial charge >= 0.3 is 0 Å². The Labute approximate surface area is 99.4 Å². The van der Waals surface area contributed by atoms with Crippen LogP contribution >= 0.6 is 11.6 Å². The maximum Gasteiger partial charge on any atom is 0.223 e. The molecule has 16 heavy (non-hydrogen) atoms. The Balaban J connectivity index is 2.20. The Morgan fingerprint density at radius 2 is 2.38 bits per heavy atom. The Bertz CT molecular complexity index is 380. The third-order valence-corrected chi connectivity index (χ3v) is 3.21. The molecule has 2 unspecified atom stereocenters. The predicted octanol–water partition coefficient (Wildman–Crippen LogP) is 1.69. The predicted molar refractivity (Wildman–Crippen MR) is 63.5 cm³/mol. The Kier molecular flexibility index (Phi) is 2.90. The lowest BCUT2D eigenvalue weighted by Crippen LogP contribution is -2.41. The smallest absolute Gasteiger partial charge is 0.223 e. The fourth-order valence-electron chi connectivity index (χ4n) is 1.79. The Morgan fingerprint density at radius 1 is 1.62 bits per heavy atom. The highest BCUT2D eigenvalue weighted by Gasteiger charge is 2.37. The lowest BCUT2D eigenvalue weighted by Gasteiger charge is -2.29. The molecule has 2 rings (SSSR count). The van der Waals surface area contributed by atoms with Gasteiger partial charge in [-0.3, -0.25) is 0 Å². The van der Waals surface area contributed by atoms with Crippen LogP contribution in [-0.2, 0) is 4.74 Å². The number of nitrogens with one attached hydrogen (secondary N) is 1. The quantitative estimate of drug-likeness (QED) is 0.773. The van der Waals surface area contributed by atoms with Crippen molar-refractivity contribution in [1.29, 1.82) is 0 Å². The van der Waals surface area contributed by atoms with Gasteiger partial charge in [-0.2, -0.15) is 4.98 Å². The molecule has 1 saturated heterocycles. The van der Waals surface area contributed by atoms with Crippen molar-refractivity contribution in [3.05, 3.63) is 11.2 Å². The second-order valence-electron chi connectivity index (χ2n) is 4.24. The molecule has 1 aromatic rings. The third kappa shape index (κ3) is 2.20. The number of aromatic nitrogens is 2. The van der Waals surface area contributed by atoms with Crippen molar-refractivity contribution in [1.82, 2.24) is 9.97 Å². The summed E-state index contributed by atoms with van der Waals surface area (Å²) in [7, 11) is 0. The number of rotatable bonds is 2. The lowest BCUT2D eigenvalue weighted by molar-refractivity contribution is 0.105. The SMILES string of the molecule is CC1OCCC1(C)Nc1cc(Cl)nc(N)n1. The van der Waals surface area contributed by atoms with Crippen molar-refractivity contribution in [3.8, 4) is 0 Å². The first-order valence-corrected chi connectivity index (χ1v) is 5.57. The minimum atomic E-state index is -0.135. The van der Waals surface area contributed by atoms with E-state index in [9.17, 15) is 0 Å². The molecule has 0 bridgehead atoms. The fraction of sp³-hybridized carbons (Fsp3) is 0.600. The van der Waals surface area contributed by atoms with Crippen molar-refractivity contribution in [3.63, 3.8) is 0 Å². The normalized spacial score (nSPS) is 29.3. The highest BCUT2D eigenvalue weighted by Crippen LogP contribution is 2.29. The second-order valence-corrected chi connectivity index (χ2v) is 4.63. The number of nitrogen functional groups attached to an aromatic ring is 1. The van der Waals surface area contributed by atoms with Crippen molar-refractivity contribution < 1.29 is 4.74 Å². The second kappa shape index (κ2) is 4.07. The number of ether oxygens (including phenoxy) is 1. The molecule has 0 saturated carbocycles. The zero-order valence-corrected chi connectivity index (χ0v) is 10.1. The van der Waals surface area contributed by atoms with E-state index in [1.54, 1.807) is 6.07 Å². The highest BCUT2D eigenvalue weighted by molar-refractivity contribution is 6.29. The lowest BCUT2D eigenvalue weighted by atomic mass is 9.95. The zero-order chi connectivity index (χ0) is 11.8. The van der Waals surface area contributed by atoms with Gasteiger partial charge in [-0.25, -0.2) is 4.98 Å². The Hall–Kier alpha value is -1.07. The monoisotopic (exact) mass is 242 g/mol. The van der Waals surface area contributed by atoms with E-state index in [1.165, 1.54) is 0 Å². The molecule has 1 fully saturated rings. The van der Waals surface area contributed by atoms with E-state index < -0.39 is 0 Å². The van der Waals surface area contributed by atoms with Gasteiger partial charge in [0.1, 0.15) is 11.0 Å². The average Bonchev–Trinajstić information content (AvgIpc) is 2.44. The molecule has 88 valence electrons. The summed E-state index contributed by atoms with van der Waals surface area (Å²) in [6.07, 6.45) is 1.05. The molecule has 1 aliphatic heterocycles. The van der Waals surface area contributed by atoms with Crippen LogP contribution in [0.15, 0.2) is 6.07 Å². The fourth-order valence-corrected chi connectivity index (χ4v) is 1.98. The minimum Gasteiger partial charge on any atom is -0.376 e. The van der Waals surface area contributed by atoms with Crippen LogP contribution in [0.4, 0.5) is 11.8 Å². The molecule has 6 heteroatoms. The summed E-state index contributed by atoms with van der Waals surface area (Å²) in [5.74, 6) is 0.808. The van der Waals surface area contributed by atoms with E-state index in [0.717, 1.165) is 13.0 Å². The number of nitrogens with two attached hydrogens (primary N) is 1. The molecular weight excluding hydrogens is 228 g/mol. The van der Waals surface area contributed by atoms with Gasteiger partial charge in [0.2, 0.25) is 5.95 Å². The largest absolute Gasteiger partial charge is 0.376 e. The zero-order valence-electron chi connectivity index (χ0n) is 9.33. The summed E-state index contributed by atoms with van der Waals surface area (Å²) < 4.78 is 5.53. The summed E-state index contributed by atoms with van der Waals surface area (Å²) in [5, 5.41) is 3.65. The van der Waals surface area contributed by atoms with Gasteiger partial charge in [0.05, 0.1) is 11.6 Å². The van der Waals surface area contributed by atoms with E-state index in [-0.39, 0.29) is 17.6 Å². The van der Waals surface area contributed by atoms with Gasteiger partial charge in [0, 0.05) is 12.7 Å². The number of hydrogen-bond donors (Lipinski definition) is 2. The van der Waals surface area contributed by atoms with E-state index >= 15 is 0 Å². The van der Waals surface area contributed by atoms with Gasteiger partial charge < -0.3 is 15.8 Å². The first-order chi connectivity index (χ1) is 7.49. The van der Waals surface area contributed by atoms with Gasteiger partial charge in [0.15, 0.2) is 0 Å². The molecule has 0 aliphatic carbocycles. The van der Waals surface area contributed by atoms with Gasteiger partial charge in [-0.15, -0.1) is 0 Å².